The minimum Gasteiger partial charge on any atom is -0.480 e. The van der Waals surface area contributed by atoms with E-state index in [0.717, 1.165) is 22.9 Å². The lowest BCUT2D eigenvalue weighted by molar-refractivity contribution is -0.144. The molecular weight excluding hydrogens is 324 g/mol. The van der Waals surface area contributed by atoms with Crippen LogP contribution in [0.15, 0.2) is 22.7 Å². The van der Waals surface area contributed by atoms with Crippen LogP contribution in [0.25, 0.3) is 0 Å². The molecular formula is C14H17BrN2O3. The number of amides is 2. The van der Waals surface area contributed by atoms with Gasteiger partial charge in [-0.05, 0) is 60.2 Å². The number of carbonyl (C=O) groups excluding carboxylic acids is 1. The summed E-state index contributed by atoms with van der Waals surface area (Å²) >= 11 is 3.40. The van der Waals surface area contributed by atoms with Crippen LogP contribution in [0.2, 0.25) is 0 Å². The topological polar surface area (TPSA) is 78.4 Å². The van der Waals surface area contributed by atoms with Crippen molar-refractivity contribution >= 4 is 33.6 Å². The summed E-state index contributed by atoms with van der Waals surface area (Å²) in [4.78, 5) is 23.4. The Hall–Kier alpha value is -1.56. The molecule has 3 N–H and O–H groups in total. The Kier molecular flexibility index (Phi) is 4.04. The predicted octanol–water partition coefficient (Wildman–Crippen LogP) is 3.13. The van der Waals surface area contributed by atoms with Crippen LogP contribution in [0.4, 0.5) is 10.5 Å². The van der Waals surface area contributed by atoms with E-state index in [-0.39, 0.29) is 5.92 Å². The molecule has 1 aromatic rings. The van der Waals surface area contributed by atoms with Crippen LogP contribution in [0, 0.1) is 12.8 Å². The van der Waals surface area contributed by atoms with Crippen LogP contribution in [0.1, 0.15) is 25.3 Å². The van der Waals surface area contributed by atoms with Gasteiger partial charge in [0.05, 0.1) is 5.69 Å². The molecule has 1 fully saturated rings. The third kappa shape index (κ3) is 2.95. The van der Waals surface area contributed by atoms with E-state index in [0.29, 0.717) is 5.69 Å². The van der Waals surface area contributed by atoms with Crippen LogP contribution >= 0.6 is 15.9 Å². The first-order chi connectivity index (χ1) is 9.34. The Morgan fingerprint density at radius 2 is 2.05 bits per heavy atom. The zero-order valence-corrected chi connectivity index (χ0v) is 13.0. The van der Waals surface area contributed by atoms with E-state index in [1.807, 2.05) is 19.1 Å². The summed E-state index contributed by atoms with van der Waals surface area (Å²) in [6.07, 6.45) is 1.66. The molecule has 1 saturated carbocycles. The van der Waals surface area contributed by atoms with Gasteiger partial charge in [0.25, 0.3) is 0 Å². The van der Waals surface area contributed by atoms with Gasteiger partial charge in [0.1, 0.15) is 5.54 Å². The van der Waals surface area contributed by atoms with Crippen molar-refractivity contribution in [3.8, 4) is 0 Å². The largest absolute Gasteiger partial charge is 0.480 e. The van der Waals surface area contributed by atoms with Gasteiger partial charge >= 0.3 is 12.0 Å². The van der Waals surface area contributed by atoms with E-state index < -0.39 is 17.5 Å². The molecule has 0 saturated heterocycles. The number of hydrogen-bond acceptors (Lipinski definition) is 2. The number of aryl methyl sites for hydroxylation is 1. The summed E-state index contributed by atoms with van der Waals surface area (Å²) in [6, 6.07) is 4.99. The molecule has 1 aromatic carbocycles. The highest BCUT2D eigenvalue weighted by atomic mass is 79.9. The summed E-state index contributed by atoms with van der Waals surface area (Å²) in [6.45, 7) is 3.47. The maximum Gasteiger partial charge on any atom is 0.329 e. The lowest BCUT2D eigenvalue weighted by Gasteiger charge is -2.26. The number of aliphatic carboxylic acids is 1. The highest BCUT2D eigenvalue weighted by Gasteiger charge is 2.48. The highest BCUT2D eigenvalue weighted by molar-refractivity contribution is 9.10. The number of halogens is 1. The van der Waals surface area contributed by atoms with Crippen molar-refractivity contribution in [3.05, 3.63) is 28.2 Å². The number of anilines is 1. The number of rotatable bonds is 4. The molecule has 0 heterocycles. The number of nitrogens with one attached hydrogen (secondary N) is 2. The second kappa shape index (κ2) is 5.44. The second-order valence-corrected chi connectivity index (χ2v) is 6.09. The van der Waals surface area contributed by atoms with Crippen LogP contribution in [-0.4, -0.2) is 22.6 Å². The molecule has 108 valence electrons. The van der Waals surface area contributed by atoms with E-state index in [1.165, 1.54) is 0 Å². The monoisotopic (exact) mass is 340 g/mol. The van der Waals surface area contributed by atoms with Crippen molar-refractivity contribution in [3.63, 3.8) is 0 Å². The average molecular weight is 341 g/mol. The highest BCUT2D eigenvalue weighted by Crippen LogP contribution is 2.39. The van der Waals surface area contributed by atoms with Crippen molar-refractivity contribution < 1.29 is 14.7 Å². The molecule has 0 radical (unpaired) electrons. The molecule has 2 amide bonds. The van der Waals surface area contributed by atoms with Crippen molar-refractivity contribution in [1.82, 2.24) is 5.32 Å². The Morgan fingerprint density at radius 1 is 1.40 bits per heavy atom. The lowest BCUT2D eigenvalue weighted by Crippen LogP contribution is -2.55. The molecule has 0 spiro atoms. The van der Waals surface area contributed by atoms with E-state index in [1.54, 1.807) is 13.0 Å². The number of carboxylic acid groups (broad SMARTS) is 1. The minimum atomic E-state index is -1.21. The zero-order valence-electron chi connectivity index (χ0n) is 11.4. The first-order valence-corrected chi connectivity index (χ1v) is 7.21. The van der Waals surface area contributed by atoms with Crippen molar-refractivity contribution in [2.24, 2.45) is 5.92 Å². The van der Waals surface area contributed by atoms with Gasteiger partial charge in [0.15, 0.2) is 0 Å². The van der Waals surface area contributed by atoms with Crippen molar-refractivity contribution in [1.29, 1.82) is 0 Å². The Bertz CT molecular complexity index is 557. The maximum absolute atomic E-state index is 12.0. The van der Waals surface area contributed by atoms with Crippen LogP contribution in [-0.2, 0) is 4.79 Å². The minimum absolute atomic E-state index is 0.00620. The van der Waals surface area contributed by atoms with Crippen LogP contribution in [0.3, 0.4) is 0 Å². The first kappa shape index (κ1) is 14.8. The van der Waals surface area contributed by atoms with E-state index >= 15 is 0 Å². The van der Waals surface area contributed by atoms with Gasteiger partial charge in [0, 0.05) is 4.47 Å². The number of hydrogen-bond donors (Lipinski definition) is 3. The summed E-state index contributed by atoms with van der Waals surface area (Å²) < 4.78 is 0.790. The molecule has 6 heteroatoms. The fourth-order valence-corrected chi connectivity index (χ4v) is 2.49. The third-order valence-electron chi connectivity index (χ3n) is 3.65. The summed E-state index contributed by atoms with van der Waals surface area (Å²) in [5, 5.41) is 14.6. The molecule has 5 nitrogen and oxygen atoms in total. The molecule has 1 aliphatic carbocycles. The van der Waals surface area contributed by atoms with Gasteiger partial charge in [0.2, 0.25) is 0 Å². The molecule has 1 atom stereocenters. The number of carbonyl (C=O) groups is 2. The predicted molar refractivity (Wildman–Crippen MR) is 79.8 cm³/mol. The van der Waals surface area contributed by atoms with Gasteiger partial charge in [-0.2, -0.15) is 0 Å². The quantitative estimate of drug-likeness (QED) is 0.787. The first-order valence-electron chi connectivity index (χ1n) is 6.42. The van der Waals surface area contributed by atoms with Gasteiger partial charge in [-0.1, -0.05) is 12.1 Å². The van der Waals surface area contributed by atoms with Gasteiger partial charge in [-0.3, -0.25) is 0 Å². The zero-order chi connectivity index (χ0) is 14.9. The SMILES string of the molecule is Cc1cccc(NC(=O)NC(C)(C(=O)O)C2CC2)c1Br. The van der Waals surface area contributed by atoms with Gasteiger partial charge in [-0.15, -0.1) is 0 Å². The molecule has 0 aromatic heterocycles. The maximum atomic E-state index is 12.0. The van der Waals surface area contributed by atoms with Crippen LogP contribution in [0.5, 0.6) is 0 Å². The smallest absolute Gasteiger partial charge is 0.329 e. The standard InChI is InChI=1S/C14H17BrN2O3/c1-8-4-3-5-10(11(8)15)16-13(20)17-14(2,12(18)19)9-6-7-9/h3-5,9H,6-7H2,1-2H3,(H,18,19)(H2,16,17,20). The molecule has 1 aliphatic rings. The normalized spacial score (nSPS) is 17.1. The van der Waals surface area contributed by atoms with E-state index in [9.17, 15) is 14.7 Å². The van der Waals surface area contributed by atoms with E-state index in [4.69, 9.17) is 0 Å². The molecule has 1 unspecified atom stereocenters. The molecule has 2 rings (SSSR count). The van der Waals surface area contributed by atoms with Crippen molar-refractivity contribution in [2.45, 2.75) is 32.2 Å². The lowest BCUT2D eigenvalue weighted by atomic mass is 9.96. The molecule has 0 aliphatic heterocycles. The third-order valence-corrected chi connectivity index (χ3v) is 4.70. The van der Waals surface area contributed by atoms with Gasteiger partial charge in [-0.25, -0.2) is 9.59 Å². The number of benzene rings is 1. The summed E-state index contributed by atoms with van der Waals surface area (Å²) in [5.41, 5.74) is 0.400. The van der Waals surface area contributed by atoms with Gasteiger partial charge < -0.3 is 15.7 Å². The van der Waals surface area contributed by atoms with Crippen molar-refractivity contribution in [2.75, 3.05) is 5.32 Å². The Labute approximate surface area is 125 Å². The molecule has 0 bridgehead atoms. The Morgan fingerprint density at radius 3 is 2.60 bits per heavy atom. The Balaban J connectivity index is 2.09. The number of urea groups is 1. The summed E-state index contributed by atoms with van der Waals surface area (Å²) in [7, 11) is 0. The second-order valence-electron chi connectivity index (χ2n) is 5.30. The van der Waals surface area contributed by atoms with E-state index in [2.05, 4.69) is 26.6 Å². The average Bonchev–Trinajstić information content (AvgIpc) is 3.19. The molecule has 20 heavy (non-hydrogen) atoms. The summed E-state index contributed by atoms with van der Waals surface area (Å²) in [5.74, 6) is -0.995. The number of carboxylic acids is 1. The fourth-order valence-electron chi connectivity index (χ4n) is 2.12. The van der Waals surface area contributed by atoms with Crippen LogP contribution < -0.4 is 10.6 Å². The fraction of sp³-hybridized carbons (Fsp3) is 0.429.